The van der Waals surface area contributed by atoms with E-state index in [0.29, 0.717) is 26.3 Å². The van der Waals surface area contributed by atoms with Gasteiger partial charge in [0.05, 0.1) is 22.2 Å². The second-order valence-corrected chi connectivity index (χ2v) is 6.91. The number of carbonyl (C=O) groups excluding carboxylic acids is 1. The molecular formula is C17H13Cl2N3OS. The maximum Gasteiger partial charge on any atom is 0.229 e. The third-order valence-corrected chi connectivity index (χ3v) is 5.33. The van der Waals surface area contributed by atoms with E-state index in [1.807, 2.05) is 18.2 Å². The van der Waals surface area contributed by atoms with Crippen LogP contribution in [-0.4, -0.2) is 10.9 Å². The minimum absolute atomic E-state index is 0.126. The van der Waals surface area contributed by atoms with E-state index in [4.69, 9.17) is 28.9 Å². The van der Waals surface area contributed by atoms with Crippen molar-refractivity contribution in [2.75, 3.05) is 11.1 Å². The highest BCUT2D eigenvalue weighted by Crippen LogP contribution is 2.37. The lowest BCUT2D eigenvalue weighted by Crippen LogP contribution is -2.14. The largest absolute Gasteiger partial charge is 0.396 e. The molecule has 0 saturated carbocycles. The molecule has 2 heterocycles. The van der Waals surface area contributed by atoms with Crippen LogP contribution in [0.5, 0.6) is 0 Å². The molecule has 3 aromatic rings. The second-order valence-electron chi connectivity index (χ2n) is 5.07. The summed E-state index contributed by atoms with van der Waals surface area (Å²) in [6.07, 6.45) is 3.55. The molecule has 1 amide bonds. The molecule has 0 radical (unpaired) electrons. The number of pyridine rings is 1. The smallest absolute Gasteiger partial charge is 0.229 e. The van der Waals surface area contributed by atoms with E-state index < -0.39 is 0 Å². The number of aromatic nitrogens is 1. The van der Waals surface area contributed by atoms with Crippen molar-refractivity contribution >= 4 is 51.1 Å². The first-order valence-corrected chi connectivity index (χ1v) is 8.64. The van der Waals surface area contributed by atoms with Crippen molar-refractivity contribution in [2.24, 2.45) is 0 Å². The van der Waals surface area contributed by atoms with E-state index in [9.17, 15) is 4.79 Å². The van der Waals surface area contributed by atoms with Gasteiger partial charge in [0.15, 0.2) is 0 Å². The fourth-order valence-electron chi connectivity index (χ4n) is 2.19. The Kier molecular flexibility index (Phi) is 5.04. The predicted octanol–water partition coefficient (Wildman–Crippen LogP) is 4.88. The Morgan fingerprint density at radius 2 is 1.96 bits per heavy atom. The number of carbonyl (C=O) groups is 1. The van der Waals surface area contributed by atoms with Gasteiger partial charge in [-0.15, -0.1) is 11.3 Å². The first-order chi connectivity index (χ1) is 11.5. The highest BCUT2D eigenvalue weighted by molar-refractivity contribution is 7.20. The SMILES string of the molecule is Nc1cc(-c2ccncc2)sc1NC(=O)Cc1cccc(Cl)c1Cl. The van der Waals surface area contributed by atoms with Crippen molar-refractivity contribution in [3.63, 3.8) is 0 Å². The molecule has 24 heavy (non-hydrogen) atoms. The Balaban J connectivity index is 1.75. The summed E-state index contributed by atoms with van der Waals surface area (Å²) >= 11 is 13.5. The molecule has 0 aliphatic heterocycles. The van der Waals surface area contributed by atoms with Gasteiger partial charge in [0.2, 0.25) is 5.91 Å². The lowest BCUT2D eigenvalue weighted by Gasteiger charge is -2.06. The van der Waals surface area contributed by atoms with Crippen LogP contribution in [0, 0.1) is 0 Å². The summed E-state index contributed by atoms with van der Waals surface area (Å²) in [5.41, 5.74) is 8.21. The van der Waals surface area contributed by atoms with Crippen LogP contribution in [0.2, 0.25) is 10.0 Å². The molecule has 0 fully saturated rings. The van der Waals surface area contributed by atoms with E-state index in [1.165, 1.54) is 11.3 Å². The fraction of sp³-hybridized carbons (Fsp3) is 0.0588. The van der Waals surface area contributed by atoms with E-state index in [-0.39, 0.29) is 12.3 Å². The van der Waals surface area contributed by atoms with E-state index in [2.05, 4.69) is 10.3 Å². The monoisotopic (exact) mass is 377 g/mol. The highest BCUT2D eigenvalue weighted by atomic mass is 35.5. The maximum atomic E-state index is 12.3. The molecule has 4 nitrogen and oxygen atoms in total. The van der Waals surface area contributed by atoms with Gasteiger partial charge < -0.3 is 11.1 Å². The minimum Gasteiger partial charge on any atom is -0.396 e. The molecule has 2 aromatic heterocycles. The number of halogens is 2. The zero-order valence-electron chi connectivity index (χ0n) is 12.4. The predicted molar refractivity (Wildman–Crippen MR) is 101 cm³/mol. The number of hydrogen-bond donors (Lipinski definition) is 2. The van der Waals surface area contributed by atoms with Gasteiger partial charge in [0.1, 0.15) is 5.00 Å². The molecule has 3 rings (SSSR count). The third kappa shape index (κ3) is 3.70. The molecule has 1 aromatic carbocycles. The number of benzene rings is 1. The van der Waals surface area contributed by atoms with Crippen molar-refractivity contribution in [3.05, 3.63) is 64.4 Å². The Hall–Kier alpha value is -2.08. The molecule has 0 unspecified atom stereocenters. The van der Waals surface area contributed by atoms with Gasteiger partial charge in [-0.3, -0.25) is 9.78 Å². The van der Waals surface area contributed by atoms with Gasteiger partial charge in [-0.1, -0.05) is 35.3 Å². The van der Waals surface area contributed by atoms with Crippen molar-refractivity contribution in [3.8, 4) is 10.4 Å². The summed E-state index contributed by atoms with van der Waals surface area (Å²) in [6.45, 7) is 0. The summed E-state index contributed by atoms with van der Waals surface area (Å²) in [5.74, 6) is -0.200. The highest BCUT2D eigenvalue weighted by Gasteiger charge is 2.13. The number of nitrogens with two attached hydrogens (primary N) is 1. The quantitative estimate of drug-likeness (QED) is 0.680. The number of rotatable bonds is 4. The molecular weight excluding hydrogens is 365 g/mol. The van der Waals surface area contributed by atoms with Crippen LogP contribution < -0.4 is 11.1 Å². The second kappa shape index (κ2) is 7.21. The van der Waals surface area contributed by atoms with Crippen molar-refractivity contribution in [2.45, 2.75) is 6.42 Å². The Labute approximate surface area is 153 Å². The van der Waals surface area contributed by atoms with Gasteiger partial charge in [-0.05, 0) is 35.4 Å². The van der Waals surface area contributed by atoms with Crippen LogP contribution >= 0.6 is 34.5 Å². The molecule has 7 heteroatoms. The number of amides is 1. The normalized spacial score (nSPS) is 10.6. The number of nitrogen functional groups attached to an aromatic ring is 1. The van der Waals surface area contributed by atoms with Gasteiger partial charge in [-0.25, -0.2) is 0 Å². The molecule has 0 saturated heterocycles. The first-order valence-electron chi connectivity index (χ1n) is 7.07. The number of nitrogens with one attached hydrogen (secondary N) is 1. The average Bonchev–Trinajstić information content (AvgIpc) is 2.93. The van der Waals surface area contributed by atoms with Crippen LogP contribution in [0.4, 0.5) is 10.7 Å². The fourth-order valence-corrected chi connectivity index (χ4v) is 3.58. The summed E-state index contributed by atoms with van der Waals surface area (Å²) in [5, 5.41) is 4.27. The van der Waals surface area contributed by atoms with Crippen LogP contribution in [0.15, 0.2) is 48.8 Å². The molecule has 0 aliphatic rings. The number of thiophene rings is 1. The van der Waals surface area contributed by atoms with Gasteiger partial charge >= 0.3 is 0 Å². The van der Waals surface area contributed by atoms with E-state index >= 15 is 0 Å². The Bertz CT molecular complexity index is 881. The molecule has 122 valence electrons. The average molecular weight is 378 g/mol. The van der Waals surface area contributed by atoms with Crippen molar-refractivity contribution in [1.82, 2.24) is 4.98 Å². The standard InChI is InChI=1S/C17H13Cl2N3OS/c18-12-3-1-2-11(16(12)19)8-15(23)22-17-13(20)9-14(24-17)10-4-6-21-7-5-10/h1-7,9H,8,20H2,(H,22,23). The molecule has 0 aliphatic carbocycles. The van der Waals surface area contributed by atoms with Crippen LogP contribution in [-0.2, 0) is 11.2 Å². The zero-order chi connectivity index (χ0) is 17.1. The number of nitrogens with zero attached hydrogens (tertiary/aromatic N) is 1. The minimum atomic E-state index is -0.200. The third-order valence-electron chi connectivity index (χ3n) is 3.36. The molecule has 0 atom stereocenters. The summed E-state index contributed by atoms with van der Waals surface area (Å²) < 4.78 is 0. The van der Waals surface area contributed by atoms with Crippen LogP contribution in [0.3, 0.4) is 0 Å². The van der Waals surface area contributed by atoms with Crippen LogP contribution in [0.25, 0.3) is 10.4 Å². The van der Waals surface area contributed by atoms with Crippen LogP contribution in [0.1, 0.15) is 5.56 Å². The van der Waals surface area contributed by atoms with Crippen molar-refractivity contribution < 1.29 is 4.79 Å². The molecule has 0 bridgehead atoms. The van der Waals surface area contributed by atoms with Gasteiger partial charge in [-0.2, -0.15) is 0 Å². The summed E-state index contributed by atoms with van der Waals surface area (Å²) in [6, 6.07) is 10.8. The Morgan fingerprint density at radius 1 is 1.21 bits per heavy atom. The lowest BCUT2D eigenvalue weighted by molar-refractivity contribution is -0.115. The maximum absolute atomic E-state index is 12.3. The van der Waals surface area contributed by atoms with Crippen molar-refractivity contribution in [1.29, 1.82) is 0 Å². The summed E-state index contributed by atoms with van der Waals surface area (Å²) in [7, 11) is 0. The topological polar surface area (TPSA) is 68.0 Å². The first kappa shape index (κ1) is 16.8. The Morgan fingerprint density at radius 3 is 2.71 bits per heavy atom. The number of hydrogen-bond acceptors (Lipinski definition) is 4. The number of anilines is 2. The lowest BCUT2D eigenvalue weighted by atomic mass is 10.1. The summed E-state index contributed by atoms with van der Waals surface area (Å²) in [4.78, 5) is 17.2. The van der Waals surface area contributed by atoms with Gasteiger partial charge in [0, 0.05) is 17.3 Å². The van der Waals surface area contributed by atoms with E-state index in [1.54, 1.807) is 30.6 Å². The zero-order valence-corrected chi connectivity index (χ0v) is 14.8. The molecule has 0 spiro atoms. The van der Waals surface area contributed by atoms with E-state index in [0.717, 1.165) is 10.4 Å². The molecule has 3 N–H and O–H groups in total. The van der Waals surface area contributed by atoms with Gasteiger partial charge in [0.25, 0.3) is 0 Å².